The first-order valence-corrected chi connectivity index (χ1v) is 10.0. The third kappa shape index (κ3) is 4.56. The van der Waals surface area contributed by atoms with Gasteiger partial charge in [-0.3, -0.25) is 14.4 Å². The molecule has 32 heavy (non-hydrogen) atoms. The molecule has 0 unspecified atom stereocenters. The minimum atomic E-state index is -0.820. The van der Waals surface area contributed by atoms with Gasteiger partial charge in [0.1, 0.15) is 22.9 Å². The number of nitrogens with zero attached hydrogens (tertiary/aromatic N) is 1. The van der Waals surface area contributed by atoms with Crippen molar-refractivity contribution in [3.8, 4) is 5.75 Å². The summed E-state index contributed by atoms with van der Waals surface area (Å²) >= 11 is 0. The Kier molecular flexibility index (Phi) is 7.37. The van der Waals surface area contributed by atoms with Crippen LogP contribution >= 0.6 is 0 Å². The van der Waals surface area contributed by atoms with E-state index in [0.29, 0.717) is 12.7 Å². The van der Waals surface area contributed by atoms with Crippen LogP contribution < -0.4 is 15.5 Å². The molecule has 1 aliphatic heterocycles. The molecule has 1 aromatic heterocycles. The molecule has 2 atom stereocenters. The second kappa shape index (κ2) is 10.0. The van der Waals surface area contributed by atoms with Crippen LogP contribution in [-0.4, -0.2) is 49.8 Å². The van der Waals surface area contributed by atoms with Crippen molar-refractivity contribution in [2.75, 3.05) is 27.4 Å². The summed E-state index contributed by atoms with van der Waals surface area (Å²) in [5, 5.41) is 2.44. The number of ketones is 1. The molecule has 2 aromatic rings. The quantitative estimate of drug-likeness (QED) is 0.660. The van der Waals surface area contributed by atoms with E-state index in [0.717, 1.165) is 6.07 Å². The topological polar surface area (TPSA) is 95.9 Å². The maximum absolute atomic E-state index is 13.8. The van der Waals surface area contributed by atoms with E-state index in [1.54, 1.807) is 6.92 Å². The standard InChI is InChI=1S/C22H24F2N2O6/c1-4-32-11-15-17(30-2)10-26-9-14(20(28)21(31-3)18(26)19(15)27)22(29)25-8-12-5-6-13(23)7-16(12)24/h5-7,9,15,17H,4,8,10-11H2,1-3H3,(H,25,29)/t15-,17+/m1/s1. The summed E-state index contributed by atoms with van der Waals surface area (Å²) in [5.41, 5.74) is -0.955. The van der Waals surface area contributed by atoms with Crippen molar-refractivity contribution >= 4 is 11.7 Å². The molecule has 1 aromatic carbocycles. The summed E-state index contributed by atoms with van der Waals surface area (Å²) in [7, 11) is 2.70. The minimum Gasteiger partial charge on any atom is -0.491 e. The number of hydrogen-bond donors (Lipinski definition) is 1. The van der Waals surface area contributed by atoms with Gasteiger partial charge < -0.3 is 24.1 Å². The number of hydrogen-bond acceptors (Lipinski definition) is 6. The van der Waals surface area contributed by atoms with E-state index < -0.39 is 35.0 Å². The molecule has 172 valence electrons. The molecule has 1 N–H and O–H groups in total. The van der Waals surface area contributed by atoms with Crippen LogP contribution in [0.25, 0.3) is 0 Å². The summed E-state index contributed by atoms with van der Waals surface area (Å²) in [6, 6.07) is 2.97. The van der Waals surface area contributed by atoms with Gasteiger partial charge in [0, 0.05) is 44.6 Å². The molecule has 0 bridgehead atoms. The Labute approximate surface area is 183 Å². The first-order chi connectivity index (χ1) is 15.3. The number of amides is 1. The zero-order valence-electron chi connectivity index (χ0n) is 17.9. The van der Waals surface area contributed by atoms with Crippen LogP contribution in [0.5, 0.6) is 5.75 Å². The SMILES string of the molecule is CCOC[C@H]1C(=O)c2c(OC)c(=O)c(C(=O)NCc3ccc(F)cc3F)cn2C[C@@H]1OC. The molecule has 0 saturated carbocycles. The van der Waals surface area contributed by atoms with Gasteiger partial charge in [0.25, 0.3) is 5.91 Å². The van der Waals surface area contributed by atoms with Crippen molar-refractivity contribution in [2.24, 2.45) is 5.92 Å². The van der Waals surface area contributed by atoms with Crippen molar-refractivity contribution in [3.63, 3.8) is 0 Å². The summed E-state index contributed by atoms with van der Waals surface area (Å²) in [6.45, 7) is 2.27. The van der Waals surface area contributed by atoms with Crippen molar-refractivity contribution in [1.29, 1.82) is 0 Å². The van der Waals surface area contributed by atoms with Gasteiger partial charge in [-0.2, -0.15) is 0 Å². The highest BCUT2D eigenvalue weighted by atomic mass is 19.1. The van der Waals surface area contributed by atoms with Gasteiger partial charge in [-0.1, -0.05) is 6.07 Å². The van der Waals surface area contributed by atoms with E-state index in [1.165, 1.54) is 31.0 Å². The molecule has 1 amide bonds. The summed E-state index contributed by atoms with van der Waals surface area (Å²) in [4.78, 5) is 38.7. The van der Waals surface area contributed by atoms with Crippen LogP contribution in [-0.2, 0) is 22.6 Å². The fourth-order valence-electron chi connectivity index (χ4n) is 3.66. The molecular formula is C22H24F2N2O6. The highest BCUT2D eigenvalue weighted by Gasteiger charge is 2.39. The number of halogens is 2. The lowest BCUT2D eigenvalue weighted by Crippen LogP contribution is -2.45. The minimum absolute atomic E-state index is 0.0385. The Hall–Kier alpha value is -3.11. The van der Waals surface area contributed by atoms with E-state index in [1.807, 2.05) is 0 Å². The van der Waals surface area contributed by atoms with Crippen LogP contribution in [0.3, 0.4) is 0 Å². The number of carbonyl (C=O) groups is 2. The van der Waals surface area contributed by atoms with Gasteiger partial charge in [-0.25, -0.2) is 8.78 Å². The first kappa shape index (κ1) is 23.6. The smallest absolute Gasteiger partial charge is 0.257 e. The van der Waals surface area contributed by atoms with Crippen LogP contribution in [0, 0.1) is 17.6 Å². The van der Waals surface area contributed by atoms with Gasteiger partial charge in [-0.05, 0) is 13.0 Å². The average molecular weight is 450 g/mol. The van der Waals surface area contributed by atoms with E-state index >= 15 is 0 Å². The number of rotatable bonds is 8. The van der Waals surface area contributed by atoms with Crippen molar-refractivity contribution in [2.45, 2.75) is 26.1 Å². The number of ether oxygens (including phenoxy) is 3. The predicted molar refractivity (Wildman–Crippen MR) is 110 cm³/mol. The highest BCUT2D eigenvalue weighted by Crippen LogP contribution is 2.28. The van der Waals surface area contributed by atoms with Gasteiger partial charge in [0.2, 0.25) is 5.43 Å². The number of pyridine rings is 1. The Morgan fingerprint density at radius 3 is 2.62 bits per heavy atom. The molecular weight excluding hydrogens is 426 g/mol. The van der Waals surface area contributed by atoms with Crippen molar-refractivity contribution < 1.29 is 32.6 Å². The van der Waals surface area contributed by atoms with Crippen LogP contribution in [0.1, 0.15) is 33.3 Å². The zero-order valence-corrected chi connectivity index (χ0v) is 17.9. The largest absolute Gasteiger partial charge is 0.491 e. The Morgan fingerprint density at radius 1 is 1.25 bits per heavy atom. The molecule has 10 heteroatoms. The number of Topliss-reactive ketones (excluding diaryl/α,β-unsaturated/α-hetero) is 1. The Bertz CT molecular complexity index is 1080. The van der Waals surface area contributed by atoms with Crippen LogP contribution in [0.4, 0.5) is 8.78 Å². The molecule has 2 heterocycles. The number of carbonyl (C=O) groups excluding carboxylic acids is 2. The number of nitrogens with one attached hydrogen (secondary N) is 1. The molecule has 0 aliphatic carbocycles. The van der Waals surface area contributed by atoms with Gasteiger partial charge in [0.15, 0.2) is 11.5 Å². The summed E-state index contributed by atoms with van der Waals surface area (Å²) in [5.74, 6) is -3.62. The molecule has 8 nitrogen and oxygen atoms in total. The molecule has 3 rings (SSSR count). The first-order valence-electron chi connectivity index (χ1n) is 10.0. The second-order valence-electron chi connectivity index (χ2n) is 7.23. The van der Waals surface area contributed by atoms with E-state index in [4.69, 9.17) is 14.2 Å². The Morgan fingerprint density at radius 2 is 2.00 bits per heavy atom. The number of methoxy groups -OCH3 is 2. The van der Waals surface area contributed by atoms with Crippen molar-refractivity contribution in [3.05, 3.63) is 63.1 Å². The van der Waals surface area contributed by atoms with Gasteiger partial charge in [0.05, 0.1) is 25.7 Å². The van der Waals surface area contributed by atoms with E-state index in [-0.39, 0.29) is 48.0 Å². The molecule has 0 radical (unpaired) electrons. The van der Waals surface area contributed by atoms with Gasteiger partial charge >= 0.3 is 0 Å². The van der Waals surface area contributed by atoms with Crippen LogP contribution in [0.15, 0.2) is 29.2 Å². The Balaban J connectivity index is 1.93. The maximum atomic E-state index is 13.8. The van der Waals surface area contributed by atoms with Crippen LogP contribution in [0.2, 0.25) is 0 Å². The predicted octanol–water partition coefficient (Wildman–Crippen LogP) is 1.93. The molecule has 1 aliphatic rings. The number of aromatic nitrogens is 1. The number of fused-ring (bicyclic) bond motifs is 1. The maximum Gasteiger partial charge on any atom is 0.257 e. The van der Waals surface area contributed by atoms with Crippen molar-refractivity contribution in [1.82, 2.24) is 9.88 Å². The number of benzene rings is 1. The normalized spacial score (nSPS) is 17.7. The highest BCUT2D eigenvalue weighted by molar-refractivity contribution is 6.01. The third-order valence-corrected chi connectivity index (χ3v) is 5.34. The summed E-state index contributed by atoms with van der Waals surface area (Å²) < 4.78 is 44.4. The fourth-order valence-corrected chi connectivity index (χ4v) is 3.66. The van der Waals surface area contributed by atoms with E-state index in [2.05, 4.69) is 5.32 Å². The lowest BCUT2D eigenvalue weighted by Gasteiger charge is -2.33. The third-order valence-electron chi connectivity index (χ3n) is 5.34. The fraction of sp³-hybridized carbons (Fsp3) is 0.409. The van der Waals surface area contributed by atoms with Gasteiger partial charge in [-0.15, -0.1) is 0 Å². The molecule has 0 saturated heterocycles. The zero-order chi connectivity index (χ0) is 23.4. The van der Waals surface area contributed by atoms with E-state index in [9.17, 15) is 23.2 Å². The monoisotopic (exact) mass is 450 g/mol. The second-order valence-corrected chi connectivity index (χ2v) is 7.23. The summed E-state index contributed by atoms with van der Waals surface area (Å²) in [6.07, 6.45) is 0.732. The molecule has 0 fully saturated rings. The average Bonchev–Trinajstić information content (AvgIpc) is 2.77. The molecule has 0 spiro atoms. The lowest BCUT2D eigenvalue weighted by atomic mass is 9.90. The lowest BCUT2D eigenvalue weighted by molar-refractivity contribution is -0.00626.